The molecule has 1 aliphatic rings. The lowest BCUT2D eigenvalue weighted by molar-refractivity contribution is 0.183. The fraction of sp³-hybridized carbons (Fsp3) is 0.231. The molecule has 0 amide bonds. The molecule has 2 aromatic rings. The van der Waals surface area contributed by atoms with E-state index in [1.807, 2.05) is 0 Å². The average Bonchev–Trinajstić information content (AvgIpc) is 3.01. The van der Waals surface area contributed by atoms with E-state index in [0.717, 1.165) is 0 Å². The number of ether oxygens (including phenoxy) is 1. The van der Waals surface area contributed by atoms with Crippen LogP contribution in [0.3, 0.4) is 0 Å². The highest BCUT2D eigenvalue weighted by Crippen LogP contribution is 2.26. The summed E-state index contributed by atoms with van der Waals surface area (Å²) in [5.74, 6) is 0.317. The summed E-state index contributed by atoms with van der Waals surface area (Å²) in [6.45, 7) is 1.18. The summed E-state index contributed by atoms with van der Waals surface area (Å²) >= 11 is 0. The number of sulfonamides is 1. The van der Waals surface area contributed by atoms with E-state index in [4.69, 9.17) is 4.74 Å². The van der Waals surface area contributed by atoms with Crippen LogP contribution in [0.15, 0.2) is 46.0 Å². The molecule has 0 saturated heterocycles. The molecular formula is C13H14N4O3S. The maximum absolute atomic E-state index is 11.9. The molecule has 0 fully saturated rings. The largest absolute Gasteiger partial charge is 0.383 e. The van der Waals surface area contributed by atoms with E-state index in [-0.39, 0.29) is 4.90 Å². The van der Waals surface area contributed by atoms with Gasteiger partial charge < -0.3 is 10.1 Å². The topological polar surface area (TPSA) is 85.6 Å². The Morgan fingerprint density at radius 3 is 2.95 bits per heavy atom. The molecule has 3 rings (SSSR count). The van der Waals surface area contributed by atoms with E-state index in [1.165, 1.54) is 0 Å². The maximum Gasteiger partial charge on any atom is 0.285 e. The van der Waals surface area contributed by atoms with Gasteiger partial charge in [-0.05, 0) is 12.1 Å². The molecule has 1 N–H and O–H groups in total. The number of benzene rings is 1. The molecular weight excluding hydrogens is 292 g/mol. The first-order valence-corrected chi connectivity index (χ1v) is 7.77. The Morgan fingerprint density at radius 2 is 2.14 bits per heavy atom. The number of methoxy groups -OCH3 is 1. The molecule has 1 aromatic carbocycles. The first kappa shape index (κ1) is 13.8. The number of nitrogens with zero attached hydrogens (tertiary/aromatic N) is 3. The number of rotatable bonds is 4. The van der Waals surface area contributed by atoms with Crippen LogP contribution in [0.2, 0.25) is 0 Å². The van der Waals surface area contributed by atoms with Crippen molar-refractivity contribution in [1.82, 2.24) is 9.78 Å². The molecule has 0 bridgehead atoms. The molecule has 110 valence electrons. The Morgan fingerprint density at radius 1 is 1.33 bits per heavy atom. The third-order valence-corrected chi connectivity index (χ3v) is 4.39. The summed E-state index contributed by atoms with van der Waals surface area (Å²) in [6, 6.07) is 6.72. The highest BCUT2D eigenvalue weighted by Gasteiger charge is 2.28. The Kier molecular flexibility index (Phi) is 3.48. The zero-order valence-corrected chi connectivity index (χ0v) is 12.2. The number of nitrogens with one attached hydrogen (secondary N) is 1. The lowest BCUT2D eigenvalue weighted by Gasteiger charge is -2.03. The van der Waals surface area contributed by atoms with Crippen LogP contribution >= 0.6 is 0 Å². The quantitative estimate of drug-likeness (QED) is 0.914. The van der Waals surface area contributed by atoms with Crippen molar-refractivity contribution in [1.29, 1.82) is 0 Å². The van der Waals surface area contributed by atoms with E-state index in [0.29, 0.717) is 30.2 Å². The van der Waals surface area contributed by atoms with Crippen LogP contribution in [-0.2, 0) is 21.3 Å². The molecule has 8 heteroatoms. The van der Waals surface area contributed by atoms with Crippen LogP contribution in [0.25, 0.3) is 0 Å². The lowest BCUT2D eigenvalue weighted by atomic mass is 10.2. The normalized spacial score (nSPS) is 15.6. The van der Waals surface area contributed by atoms with Gasteiger partial charge in [-0.15, -0.1) is 4.40 Å². The molecule has 0 saturated carbocycles. The van der Waals surface area contributed by atoms with E-state index >= 15 is 0 Å². The zero-order valence-electron chi connectivity index (χ0n) is 11.4. The summed E-state index contributed by atoms with van der Waals surface area (Å²) in [5, 5.41) is 7.15. The van der Waals surface area contributed by atoms with Crippen molar-refractivity contribution in [2.45, 2.75) is 11.4 Å². The third kappa shape index (κ3) is 2.67. The summed E-state index contributed by atoms with van der Waals surface area (Å²) in [4.78, 5) is 0.222. The molecule has 0 radical (unpaired) electrons. The number of hydrogen-bond donors (Lipinski definition) is 1. The second-order valence-corrected chi connectivity index (χ2v) is 6.09. The van der Waals surface area contributed by atoms with Gasteiger partial charge in [0.1, 0.15) is 4.90 Å². The molecule has 0 unspecified atom stereocenters. The van der Waals surface area contributed by atoms with E-state index in [1.54, 1.807) is 48.5 Å². The van der Waals surface area contributed by atoms with E-state index < -0.39 is 10.0 Å². The highest BCUT2D eigenvalue weighted by molar-refractivity contribution is 7.90. The molecule has 21 heavy (non-hydrogen) atoms. The van der Waals surface area contributed by atoms with Gasteiger partial charge in [0.05, 0.1) is 25.0 Å². The predicted molar refractivity (Wildman–Crippen MR) is 77.9 cm³/mol. The third-order valence-electron chi connectivity index (χ3n) is 3.05. The predicted octanol–water partition coefficient (Wildman–Crippen LogP) is 1.09. The lowest BCUT2D eigenvalue weighted by Crippen LogP contribution is -2.11. The van der Waals surface area contributed by atoms with Gasteiger partial charge in [-0.1, -0.05) is 12.1 Å². The number of fused-ring (bicyclic) bond motifs is 1. The van der Waals surface area contributed by atoms with Crippen molar-refractivity contribution in [3.05, 3.63) is 42.2 Å². The summed E-state index contributed by atoms with van der Waals surface area (Å²) in [5.41, 5.74) is 1.25. The Balaban J connectivity index is 1.84. The second-order valence-electron chi connectivity index (χ2n) is 4.52. The van der Waals surface area contributed by atoms with Gasteiger partial charge >= 0.3 is 0 Å². The van der Waals surface area contributed by atoms with Gasteiger partial charge in [0.25, 0.3) is 10.0 Å². The van der Waals surface area contributed by atoms with Gasteiger partial charge in [-0.2, -0.15) is 13.5 Å². The Labute approximate surface area is 122 Å². The highest BCUT2D eigenvalue weighted by atomic mass is 32.2. The average molecular weight is 306 g/mol. The Hall–Kier alpha value is -2.19. The minimum absolute atomic E-state index is 0.222. The van der Waals surface area contributed by atoms with Crippen molar-refractivity contribution < 1.29 is 13.2 Å². The molecule has 1 aliphatic heterocycles. The van der Waals surface area contributed by atoms with Gasteiger partial charge in [0.2, 0.25) is 0 Å². The number of hydrogen-bond acceptors (Lipinski definition) is 5. The number of amidine groups is 1. The summed E-state index contributed by atoms with van der Waals surface area (Å²) in [6.07, 6.45) is 3.39. The van der Waals surface area contributed by atoms with Crippen LogP contribution in [0.5, 0.6) is 0 Å². The molecule has 1 aromatic heterocycles. The first-order chi connectivity index (χ1) is 10.1. The van der Waals surface area contributed by atoms with Gasteiger partial charge in [-0.3, -0.25) is 4.68 Å². The summed E-state index contributed by atoms with van der Waals surface area (Å²) in [7, 11) is -1.98. The Bertz CT molecular complexity index is 795. The van der Waals surface area contributed by atoms with Crippen molar-refractivity contribution in [3.63, 3.8) is 0 Å². The van der Waals surface area contributed by atoms with Crippen LogP contribution in [-0.4, -0.2) is 37.8 Å². The van der Waals surface area contributed by atoms with Crippen molar-refractivity contribution in [2.75, 3.05) is 19.0 Å². The van der Waals surface area contributed by atoms with Crippen LogP contribution in [0.4, 0.5) is 5.69 Å². The van der Waals surface area contributed by atoms with Gasteiger partial charge in [0, 0.05) is 18.9 Å². The maximum atomic E-state index is 11.9. The first-order valence-electron chi connectivity index (χ1n) is 6.33. The standard InChI is InChI=1S/C13H14N4O3S/c1-20-7-6-17-9-10(8-14-17)15-13-11-4-2-3-5-12(11)21(18,19)16-13/h2-5,8-9H,6-7H2,1H3,(H,15,16). The fourth-order valence-corrected chi connectivity index (χ4v) is 3.24. The van der Waals surface area contributed by atoms with Gasteiger partial charge in [-0.25, -0.2) is 0 Å². The minimum atomic E-state index is -3.60. The van der Waals surface area contributed by atoms with Crippen molar-refractivity contribution in [2.24, 2.45) is 4.40 Å². The molecule has 2 heterocycles. The van der Waals surface area contributed by atoms with Crippen molar-refractivity contribution >= 4 is 21.5 Å². The van der Waals surface area contributed by atoms with Crippen LogP contribution in [0.1, 0.15) is 5.56 Å². The van der Waals surface area contributed by atoms with Crippen LogP contribution < -0.4 is 5.32 Å². The molecule has 0 spiro atoms. The summed E-state index contributed by atoms with van der Waals surface area (Å²) < 4.78 is 34.3. The molecule has 0 aliphatic carbocycles. The van der Waals surface area contributed by atoms with Crippen LogP contribution in [0, 0.1) is 0 Å². The molecule has 7 nitrogen and oxygen atoms in total. The van der Waals surface area contributed by atoms with E-state index in [9.17, 15) is 8.42 Å². The van der Waals surface area contributed by atoms with Crippen molar-refractivity contribution in [3.8, 4) is 0 Å². The second kappa shape index (κ2) is 5.30. The fourth-order valence-electron chi connectivity index (χ4n) is 2.07. The zero-order chi connectivity index (χ0) is 14.9. The van der Waals surface area contributed by atoms with Gasteiger partial charge in [0.15, 0.2) is 5.84 Å². The van der Waals surface area contributed by atoms with E-state index in [2.05, 4.69) is 14.8 Å². The monoisotopic (exact) mass is 306 g/mol. The number of aromatic nitrogens is 2. The smallest absolute Gasteiger partial charge is 0.285 e. The number of anilines is 1. The SMILES string of the molecule is COCCn1cc(NC2=NS(=O)(=O)c3ccccc32)cn1. The molecule has 0 atom stereocenters. The minimum Gasteiger partial charge on any atom is -0.383 e.